The predicted octanol–water partition coefficient (Wildman–Crippen LogP) is 3.80. The van der Waals surface area contributed by atoms with Crippen molar-refractivity contribution in [1.29, 1.82) is 0 Å². The van der Waals surface area contributed by atoms with E-state index in [2.05, 4.69) is 44.2 Å². The van der Waals surface area contributed by atoms with Crippen molar-refractivity contribution in [3.8, 4) is 5.75 Å². The molecular formula is C16H25N3O. The fourth-order valence-corrected chi connectivity index (χ4v) is 3.27. The van der Waals surface area contributed by atoms with Crippen LogP contribution in [-0.2, 0) is 5.54 Å². The van der Waals surface area contributed by atoms with Gasteiger partial charge >= 0.3 is 0 Å². The maximum absolute atomic E-state index is 6.18. The van der Waals surface area contributed by atoms with Gasteiger partial charge in [-0.3, -0.25) is 0 Å². The molecule has 0 saturated heterocycles. The van der Waals surface area contributed by atoms with Gasteiger partial charge in [0, 0.05) is 5.54 Å². The van der Waals surface area contributed by atoms with Gasteiger partial charge in [0.05, 0.1) is 12.6 Å². The largest absolute Gasteiger partial charge is 0.494 e. The number of nitrogen functional groups attached to an aromatic ring is 1. The fourth-order valence-electron chi connectivity index (χ4n) is 3.27. The zero-order valence-electron chi connectivity index (χ0n) is 13.3. The van der Waals surface area contributed by atoms with Crippen LogP contribution in [-0.4, -0.2) is 16.7 Å². The Bertz CT molecular complexity index is 620. The highest BCUT2D eigenvalue weighted by atomic mass is 16.5. The summed E-state index contributed by atoms with van der Waals surface area (Å²) < 4.78 is 7.50. The molecule has 2 N–H and O–H groups in total. The number of imidazole rings is 1. The number of aromatic nitrogens is 2. The minimum Gasteiger partial charge on any atom is -0.494 e. The SMILES string of the molecule is COc1cccc2c1nc(N)n2C(C)(C)CC(C)(C)C. The smallest absolute Gasteiger partial charge is 0.201 e. The molecule has 0 aliphatic rings. The number of anilines is 1. The number of para-hydroxylation sites is 1. The average Bonchev–Trinajstić information content (AvgIpc) is 2.61. The van der Waals surface area contributed by atoms with Crippen LogP contribution in [0, 0.1) is 5.41 Å². The van der Waals surface area contributed by atoms with Gasteiger partial charge in [-0.1, -0.05) is 26.8 Å². The molecule has 4 heteroatoms. The Morgan fingerprint density at radius 1 is 1.20 bits per heavy atom. The molecule has 2 rings (SSSR count). The minimum absolute atomic E-state index is 0.108. The van der Waals surface area contributed by atoms with Crippen LogP contribution in [0.25, 0.3) is 11.0 Å². The average molecular weight is 275 g/mol. The lowest BCUT2D eigenvalue weighted by molar-refractivity contribution is 0.222. The van der Waals surface area contributed by atoms with Crippen LogP contribution >= 0.6 is 0 Å². The highest BCUT2D eigenvalue weighted by Gasteiger charge is 2.30. The molecule has 1 aromatic heterocycles. The van der Waals surface area contributed by atoms with Crippen LogP contribution in [0.5, 0.6) is 5.75 Å². The topological polar surface area (TPSA) is 53.1 Å². The van der Waals surface area contributed by atoms with Crippen LogP contribution in [0.4, 0.5) is 5.95 Å². The second kappa shape index (κ2) is 4.69. The number of nitrogens with zero attached hydrogens (tertiary/aromatic N) is 2. The molecule has 0 atom stereocenters. The van der Waals surface area contributed by atoms with Crippen molar-refractivity contribution < 1.29 is 4.74 Å². The summed E-state index contributed by atoms with van der Waals surface area (Å²) in [5, 5.41) is 0. The molecule has 2 aromatic rings. The van der Waals surface area contributed by atoms with Gasteiger partial charge in [-0.05, 0) is 37.8 Å². The lowest BCUT2D eigenvalue weighted by Gasteiger charge is -2.34. The van der Waals surface area contributed by atoms with Gasteiger partial charge in [0.2, 0.25) is 5.95 Å². The summed E-state index contributed by atoms with van der Waals surface area (Å²) in [6.45, 7) is 11.1. The highest BCUT2D eigenvalue weighted by Crippen LogP contribution is 2.37. The summed E-state index contributed by atoms with van der Waals surface area (Å²) in [7, 11) is 1.66. The molecule has 0 spiro atoms. The van der Waals surface area contributed by atoms with Gasteiger partial charge in [0.25, 0.3) is 0 Å². The first-order valence-electron chi connectivity index (χ1n) is 6.97. The van der Waals surface area contributed by atoms with Crippen LogP contribution < -0.4 is 10.5 Å². The zero-order valence-corrected chi connectivity index (χ0v) is 13.3. The number of fused-ring (bicyclic) bond motifs is 1. The molecule has 0 radical (unpaired) electrons. The maximum atomic E-state index is 6.18. The van der Waals surface area contributed by atoms with Gasteiger partial charge in [-0.2, -0.15) is 0 Å². The molecular weight excluding hydrogens is 250 g/mol. The van der Waals surface area contributed by atoms with Crippen LogP contribution in [0.1, 0.15) is 41.0 Å². The number of ether oxygens (including phenoxy) is 1. The number of methoxy groups -OCH3 is 1. The Labute approximate surface area is 120 Å². The third-order valence-electron chi connectivity index (χ3n) is 3.46. The lowest BCUT2D eigenvalue weighted by atomic mass is 9.81. The number of benzene rings is 1. The Hall–Kier alpha value is -1.71. The van der Waals surface area contributed by atoms with Gasteiger partial charge in [-0.25, -0.2) is 4.98 Å². The standard InChI is InChI=1S/C16H25N3O/c1-15(2,3)10-16(4,5)19-11-8-7-9-12(20-6)13(11)18-14(19)17/h7-9H,10H2,1-6H3,(H2,17,18). The number of nitrogens with two attached hydrogens (primary N) is 1. The molecule has 0 amide bonds. The molecule has 0 fully saturated rings. The molecule has 1 heterocycles. The van der Waals surface area contributed by atoms with Crippen LogP contribution in [0.3, 0.4) is 0 Å². The lowest BCUT2D eigenvalue weighted by Crippen LogP contribution is -2.32. The minimum atomic E-state index is -0.108. The Morgan fingerprint density at radius 3 is 2.40 bits per heavy atom. The first-order valence-corrected chi connectivity index (χ1v) is 6.97. The first kappa shape index (κ1) is 14.7. The van der Waals surface area contributed by atoms with E-state index in [1.807, 2.05) is 18.2 Å². The molecule has 0 aliphatic carbocycles. The molecule has 4 nitrogen and oxygen atoms in total. The van der Waals surface area contributed by atoms with E-state index in [0.717, 1.165) is 23.2 Å². The third kappa shape index (κ3) is 2.60. The Balaban J connectivity index is 2.63. The van der Waals surface area contributed by atoms with Crippen molar-refractivity contribution in [3.63, 3.8) is 0 Å². The summed E-state index contributed by atoms with van der Waals surface area (Å²) in [5.74, 6) is 1.30. The Morgan fingerprint density at radius 2 is 1.85 bits per heavy atom. The van der Waals surface area contributed by atoms with Crippen molar-refractivity contribution >= 4 is 17.0 Å². The first-order chi connectivity index (χ1) is 9.15. The Kier molecular flexibility index (Phi) is 3.44. The zero-order chi connectivity index (χ0) is 15.1. The van der Waals surface area contributed by atoms with Crippen molar-refractivity contribution in [3.05, 3.63) is 18.2 Å². The molecule has 0 unspecified atom stereocenters. The summed E-state index contributed by atoms with van der Waals surface area (Å²) >= 11 is 0. The summed E-state index contributed by atoms with van der Waals surface area (Å²) in [4.78, 5) is 4.50. The second-order valence-corrected chi connectivity index (χ2v) is 7.18. The van der Waals surface area contributed by atoms with Crippen molar-refractivity contribution in [2.45, 2.75) is 46.6 Å². The van der Waals surface area contributed by atoms with Crippen LogP contribution in [0.2, 0.25) is 0 Å². The van der Waals surface area contributed by atoms with E-state index < -0.39 is 0 Å². The van der Waals surface area contributed by atoms with E-state index in [-0.39, 0.29) is 11.0 Å². The predicted molar refractivity (Wildman–Crippen MR) is 84.1 cm³/mol. The molecule has 110 valence electrons. The molecule has 0 bridgehead atoms. The van der Waals surface area contributed by atoms with Gasteiger partial charge in [0.1, 0.15) is 11.3 Å². The van der Waals surface area contributed by atoms with E-state index in [1.54, 1.807) is 7.11 Å². The van der Waals surface area contributed by atoms with E-state index >= 15 is 0 Å². The quantitative estimate of drug-likeness (QED) is 0.927. The summed E-state index contributed by atoms with van der Waals surface area (Å²) in [6, 6.07) is 5.94. The van der Waals surface area contributed by atoms with Gasteiger partial charge < -0.3 is 15.0 Å². The molecule has 20 heavy (non-hydrogen) atoms. The summed E-state index contributed by atoms with van der Waals surface area (Å²) in [5.41, 5.74) is 8.14. The van der Waals surface area contributed by atoms with Crippen molar-refractivity contribution in [2.24, 2.45) is 5.41 Å². The maximum Gasteiger partial charge on any atom is 0.201 e. The van der Waals surface area contributed by atoms with E-state index in [0.29, 0.717) is 5.95 Å². The fraction of sp³-hybridized carbons (Fsp3) is 0.562. The third-order valence-corrected chi connectivity index (χ3v) is 3.46. The second-order valence-electron chi connectivity index (χ2n) is 7.18. The molecule has 0 aliphatic heterocycles. The number of hydrogen-bond acceptors (Lipinski definition) is 3. The van der Waals surface area contributed by atoms with Crippen molar-refractivity contribution in [2.75, 3.05) is 12.8 Å². The van der Waals surface area contributed by atoms with E-state index in [1.165, 1.54) is 0 Å². The van der Waals surface area contributed by atoms with E-state index in [9.17, 15) is 0 Å². The monoisotopic (exact) mass is 275 g/mol. The highest BCUT2D eigenvalue weighted by molar-refractivity contribution is 5.84. The number of rotatable bonds is 3. The summed E-state index contributed by atoms with van der Waals surface area (Å²) in [6.07, 6.45) is 1.01. The number of hydrogen-bond donors (Lipinski definition) is 1. The normalized spacial score (nSPS) is 12.9. The van der Waals surface area contributed by atoms with Gasteiger partial charge in [0.15, 0.2) is 0 Å². The van der Waals surface area contributed by atoms with Gasteiger partial charge in [-0.15, -0.1) is 0 Å². The van der Waals surface area contributed by atoms with Crippen molar-refractivity contribution in [1.82, 2.24) is 9.55 Å². The molecule has 0 saturated carbocycles. The molecule has 1 aromatic carbocycles. The van der Waals surface area contributed by atoms with E-state index in [4.69, 9.17) is 10.5 Å². The van der Waals surface area contributed by atoms with Crippen LogP contribution in [0.15, 0.2) is 18.2 Å².